The van der Waals surface area contributed by atoms with E-state index in [0.717, 1.165) is 16.5 Å². The molecule has 0 aliphatic carbocycles. The number of hydrogen-bond acceptors (Lipinski definition) is 11. The van der Waals surface area contributed by atoms with Crippen molar-refractivity contribution < 1.29 is 38.2 Å². The molecule has 0 saturated heterocycles. The van der Waals surface area contributed by atoms with Gasteiger partial charge in [-0.05, 0) is 31.6 Å². The predicted octanol–water partition coefficient (Wildman–Crippen LogP) is 3.36. The summed E-state index contributed by atoms with van der Waals surface area (Å²) in [7, 11) is 0. The lowest BCUT2D eigenvalue weighted by atomic mass is 9.81. The number of para-hydroxylation sites is 1. The van der Waals surface area contributed by atoms with E-state index >= 15 is 0 Å². The summed E-state index contributed by atoms with van der Waals surface area (Å²) in [5.74, 6) is -0.220. The van der Waals surface area contributed by atoms with Gasteiger partial charge in [0.1, 0.15) is 17.6 Å². The zero-order chi connectivity index (χ0) is 29.7. The van der Waals surface area contributed by atoms with E-state index in [0.29, 0.717) is 45.2 Å². The average molecular weight is 585 g/mol. The maximum absolute atomic E-state index is 13.2. The van der Waals surface area contributed by atoms with Crippen LogP contribution in [-0.4, -0.2) is 79.9 Å². The summed E-state index contributed by atoms with van der Waals surface area (Å²) < 4.78 is 28.9. The molecule has 3 heterocycles. The Morgan fingerprint density at radius 3 is 2.67 bits per heavy atom. The van der Waals surface area contributed by atoms with Crippen molar-refractivity contribution in [2.45, 2.75) is 25.6 Å². The van der Waals surface area contributed by atoms with E-state index < -0.39 is 17.1 Å². The first kappa shape index (κ1) is 30.9. The quantitative estimate of drug-likeness (QED) is 0.121. The monoisotopic (exact) mass is 584 g/mol. The summed E-state index contributed by atoms with van der Waals surface area (Å²) in [6, 6.07) is 10.6. The summed E-state index contributed by atoms with van der Waals surface area (Å²) in [6.45, 7) is 4.27. The highest BCUT2D eigenvalue weighted by Crippen LogP contribution is 2.41. The van der Waals surface area contributed by atoms with E-state index in [4.69, 9.17) is 28.5 Å². The largest absolute Gasteiger partial charge is 0.464 e. The van der Waals surface area contributed by atoms with E-state index in [2.05, 4.69) is 15.6 Å². The number of nitrogens with one attached hydrogen (secondary N) is 2. The number of pyridine rings is 1. The number of carbonyl (C=O) groups is 1. The van der Waals surface area contributed by atoms with Crippen LogP contribution in [0.3, 0.4) is 0 Å². The smallest absolute Gasteiger partial charge is 0.287 e. The molecule has 0 fully saturated rings. The van der Waals surface area contributed by atoms with Gasteiger partial charge in [-0.1, -0.05) is 18.2 Å². The highest BCUT2D eigenvalue weighted by atomic mass is 16.7. The zero-order valence-electron chi connectivity index (χ0n) is 23.4. The molecule has 1 aromatic carbocycles. The molecular formula is C29H36N4O9. The number of rotatable bonds is 17. The number of fused-ring (bicyclic) bond motifs is 1. The molecule has 4 rings (SSSR count). The number of anilines is 1. The van der Waals surface area contributed by atoms with Crippen LogP contribution < -0.4 is 10.6 Å². The van der Waals surface area contributed by atoms with Crippen molar-refractivity contribution in [2.75, 3.05) is 58.0 Å². The minimum atomic E-state index is -0.698. The van der Waals surface area contributed by atoms with Gasteiger partial charge >= 0.3 is 0 Å². The molecule has 0 spiro atoms. The molecule has 3 N–H and O–H groups in total. The van der Waals surface area contributed by atoms with Crippen LogP contribution >= 0.6 is 0 Å². The molecule has 1 aliphatic heterocycles. The van der Waals surface area contributed by atoms with Gasteiger partial charge in [0.05, 0.1) is 37.6 Å². The van der Waals surface area contributed by atoms with Crippen molar-refractivity contribution in [3.8, 4) is 0 Å². The van der Waals surface area contributed by atoms with Crippen molar-refractivity contribution in [2.24, 2.45) is 5.92 Å². The molecule has 0 bridgehead atoms. The molecular weight excluding hydrogens is 548 g/mol. The summed E-state index contributed by atoms with van der Waals surface area (Å²) in [5, 5.41) is 26.5. The molecule has 42 heavy (non-hydrogen) atoms. The van der Waals surface area contributed by atoms with Gasteiger partial charge in [0.15, 0.2) is 5.76 Å². The van der Waals surface area contributed by atoms with Gasteiger partial charge in [0, 0.05) is 55.2 Å². The van der Waals surface area contributed by atoms with E-state index in [1.165, 1.54) is 18.3 Å². The minimum Gasteiger partial charge on any atom is -0.464 e. The van der Waals surface area contributed by atoms with Crippen molar-refractivity contribution in [1.82, 2.24) is 10.3 Å². The van der Waals surface area contributed by atoms with Crippen LogP contribution in [0.25, 0.3) is 11.0 Å². The Hall–Kier alpha value is -4.04. The van der Waals surface area contributed by atoms with Crippen molar-refractivity contribution in [1.29, 1.82) is 0 Å². The molecule has 0 radical (unpaired) electrons. The molecule has 3 aromatic rings. The van der Waals surface area contributed by atoms with Gasteiger partial charge in [0.25, 0.3) is 11.6 Å². The van der Waals surface area contributed by atoms with Crippen LogP contribution in [0.15, 0.2) is 65.1 Å². The normalized spacial score (nSPS) is 18.3. The van der Waals surface area contributed by atoms with Gasteiger partial charge < -0.3 is 39.1 Å². The fraction of sp³-hybridized carbons (Fsp3) is 0.448. The summed E-state index contributed by atoms with van der Waals surface area (Å²) >= 11 is 0. The van der Waals surface area contributed by atoms with Crippen LogP contribution in [0, 0.1) is 16.0 Å². The summed E-state index contributed by atoms with van der Waals surface area (Å²) in [5.41, 5.74) is 1.57. The first-order chi connectivity index (χ1) is 20.5. The van der Waals surface area contributed by atoms with E-state index in [9.17, 15) is 14.9 Å². The molecule has 2 aromatic heterocycles. The second kappa shape index (κ2) is 15.8. The van der Waals surface area contributed by atoms with E-state index in [1.807, 2.05) is 37.3 Å². The highest BCUT2D eigenvalue weighted by Gasteiger charge is 2.39. The number of furan rings is 1. The second-order valence-corrected chi connectivity index (χ2v) is 9.43. The lowest BCUT2D eigenvalue weighted by molar-refractivity contribution is -0.385. The summed E-state index contributed by atoms with van der Waals surface area (Å²) in [6.07, 6.45) is 4.58. The number of amides is 1. The van der Waals surface area contributed by atoms with Crippen LogP contribution in [-0.2, 0) is 23.7 Å². The second-order valence-electron chi connectivity index (χ2n) is 9.43. The highest BCUT2D eigenvalue weighted by molar-refractivity contribution is 5.92. The first-order valence-corrected chi connectivity index (χ1v) is 13.9. The third-order valence-electron chi connectivity index (χ3n) is 6.69. The molecule has 1 amide bonds. The molecule has 1 aliphatic rings. The number of benzene rings is 1. The van der Waals surface area contributed by atoms with Gasteiger partial charge in [0.2, 0.25) is 6.29 Å². The first-order valence-electron chi connectivity index (χ1n) is 13.9. The molecule has 0 saturated carbocycles. The standard InChI is InChI=1S/C29H36N4O9/c1-2-40-29-22(9-13-38-15-16-39-14-12-34)23(24-19-41-25-6-4-3-5-21(24)25)17-26(42-29)28(35)31-11-10-30-27-8-7-20(18-32-27)33(36)37/h3-8,17-19,22-23,29,34H,2,9-16H2,1H3,(H,30,32)(H,31,35)/t22-,23+,29-/m1/s1. The maximum atomic E-state index is 13.2. The Kier molecular flexibility index (Phi) is 11.6. The van der Waals surface area contributed by atoms with Gasteiger partial charge in [-0.2, -0.15) is 0 Å². The number of aromatic nitrogens is 1. The van der Waals surface area contributed by atoms with Crippen molar-refractivity contribution >= 4 is 28.4 Å². The molecule has 0 unspecified atom stereocenters. The van der Waals surface area contributed by atoms with Crippen LogP contribution in [0.1, 0.15) is 24.8 Å². The van der Waals surface area contributed by atoms with Gasteiger partial charge in [-0.15, -0.1) is 0 Å². The Balaban J connectivity index is 1.44. The third kappa shape index (κ3) is 8.26. The SMILES string of the molecule is CCO[C@@H]1OC(C(=O)NCCNc2ccc([N+](=O)[O-])cn2)=C[C@H](c2coc3ccccc23)[C@H]1CCOCCOCCO. The molecule has 226 valence electrons. The molecule has 3 atom stereocenters. The summed E-state index contributed by atoms with van der Waals surface area (Å²) in [4.78, 5) is 27.5. The minimum absolute atomic E-state index is 0.0362. The number of hydrogen-bond donors (Lipinski definition) is 3. The topological polar surface area (TPSA) is 167 Å². The number of allylic oxidation sites excluding steroid dienone is 1. The zero-order valence-corrected chi connectivity index (χ0v) is 23.4. The van der Waals surface area contributed by atoms with Crippen LogP contribution in [0.4, 0.5) is 11.5 Å². The Labute approximate surface area is 242 Å². The fourth-order valence-electron chi connectivity index (χ4n) is 4.71. The lowest BCUT2D eigenvalue weighted by Crippen LogP contribution is -2.40. The average Bonchev–Trinajstić information content (AvgIpc) is 3.43. The number of aliphatic hydroxyl groups excluding tert-OH is 1. The Morgan fingerprint density at radius 1 is 1.12 bits per heavy atom. The molecule has 13 nitrogen and oxygen atoms in total. The Morgan fingerprint density at radius 2 is 1.93 bits per heavy atom. The van der Waals surface area contributed by atoms with Crippen molar-refractivity contribution in [3.63, 3.8) is 0 Å². The number of ether oxygens (including phenoxy) is 4. The lowest BCUT2D eigenvalue weighted by Gasteiger charge is -2.36. The fourth-order valence-corrected chi connectivity index (χ4v) is 4.71. The van der Waals surface area contributed by atoms with Crippen molar-refractivity contribution in [3.05, 3.63) is 76.4 Å². The third-order valence-corrected chi connectivity index (χ3v) is 6.69. The Bertz CT molecular complexity index is 1330. The van der Waals surface area contributed by atoms with Crippen LogP contribution in [0.5, 0.6) is 0 Å². The van der Waals surface area contributed by atoms with Gasteiger partial charge in [-0.3, -0.25) is 14.9 Å². The van der Waals surface area contributed by atoms with E-state index in [1.54, 1.807) is 6.26 Å². The van der Waals surface area contributed by atoms with Gasteiger partial charge in [-0.25, -0.2) is 4.98 Å². The number of nitrogens with zero attached hydrogens (tertiary/aromatic N) is 2. The maximum Gasteiger partial charge on any atom is 0.287 e. The number of aliphatic hydroxyl groups is 1. The predicted molar refractivity (Wildman–Crippen MR) is 153 cm³/mol. The molecule has 13 heteroatoms. The number of nitro groups is 1. The van der Waals surface area contributed by atoms with Crippen LogP contribution in [0.2, 0.25) is 0 Å². The van der Waals surface area contributed by atoms with E-state index in [-0.39, 0.29) is 43.0 Å². The number of carbonyl (C=O) groups excluding carboxylic acids is 1.